The van der Waals surface area contributed by atoms with Crippen molar-refractivity contribution in [2.24, 2.45) is 0 Å². The third kappa shape index (κ3) is 3.75. The Morgan fingerprint density at radius 2 is 2.12 bits per heavy atom. The zero-order chi connectivity index (χ0) is 18.7. The zero-order valence-electron chi connectivity index (χ0n) is 13.6. The first kappa shape index (κ1) is 18.8. The number of aliphatic hydroxyl groups is 4. The van der Waals surface area contributed by atoms with E-state index in [0.717, 1.165) is 11.3 Å². The van der Waals surface area contributed by atoms with Crippen molar-refractivity contribution < 1.29 is 30.0 Å². The molecule has 9 nitrogen and oxygen atoms in total. The molecule has 3 rings (SSSR count). The van der Waals surface area contributed by atoms with Crippen LogP contribution in [-0.2, 0) is 4.74 Å². The maximum Gasteiger partial charge on any atom is 0.204 e. The number of anilines is 1. The lowest BCUT2D eigenvalue weighted by Crippen LogP contribution is -2.63. The van der Waals surface area contributed by atoms with Crippen LogP contribution in [0.1, 0.15) is 21.7 Å². The number of thiazole rings is 1. The lowest BCUT2D eigenvalue weighted by molar-refractivity contribution is -0.232. The molecule has 0 saturated carbocycles. The van der Waals surface area contributed by atoms with Gasteiger partial charge in [-0.1, -0.05) is 11.3 Å². The molecule has 0 aliphatic carbocycles. The van der Waals surface area contributed by atoms with Gasteiger partial charge in [-0.05, 0) is 12.1 Å². The minimum Gasteiger partial charge on any atom is -0.396 e. The van der Waals surface area contributed by atoms with Crippen LogP contribution in [0.3, 0.4) is 0 Å². The molecule has 5 N–H and O–H groups in total. The van der Waals surface area contributed by atoms with Crippen LogP contribution in [0.15, 0.2) is 30.7 Å². The Kier molecular flexibility index (Phi) is 5.61. The summed E-state index contributed by atoms with van der Waals surface area (Å²) < 4.78 is 5.38. The second-order valence-corrected chi connectivity index (χ2v) is 7.01. The molecule has 10 heteroatoms. The van der Waals surface area contributed by atoms with Crippen molar-refractivity contribution in [1.82, 2.24) is 9.97 Å². The fraction of sp³-hybridized carbons (Fsp3) is 0.438. The summed E-state index contributed by atoms with van der Waals surface area (Å²) in [5, 5.41) is 42.6. The largest absolute Gasteiger partial charge is 0.396 e. The number of aliphatic hydroxyl groups excluding tert-OH is 3. The molecule has 0 aromatic carbocycles. The van der Waals surface area contributed by atoms with Gasteiger partial charge in [0, 0.05) is 31.0 Å². The molecule has 1 aliphatic heterocycles. The maximum absolute atomic E-state index is 12.4. The summed E-state index contributed by atoms with van der Waals surface area (Å²) in [7, 11) is 0. The van der Waals surface area contributed by atoms with E-state index < -0.39 is 24.0 Å². The minimum absolute atomic E-state index is 0.125. The molecular weight excluding hydrogens is 362 g/mol. The fourth-order valence-corrected chi connectivity index (χ4v) is 3.46. The van der Waals surface area contributed by atoms with E-state index in [2.05, 4.69) is 15.3 Å². The highest BCUT2D eigenvalue weighted by Crippen LogP contribution is 2.29. The summed E-state index contributed by atoms with van der Waals surface area (Å²) in [5.74, 6) is -0.208. The number of ketones is 1. The standard InChI is InChI=1S/C16H19N3O6S/c20-6-3-16(24)8-25-14(12(22)13(16)23)19-15-18-7-10(26-15)11(21)9-1-4-17-5-2-9/h1-2,4-5,7,12-14,20,22-24H,3,6,8H2,(H,18,19)/t12?,13?,14-,16-/m0/s1. The van der Waals surface area contributed by atoms with Crippen LogP contribution in [0.5, 0.6) is 0 Å². The van der Waals surface area contributed by atoms with Gasteiger partial charge >= 0.3 is 0 Å². The predicted molar refractivity (Wildman–Crippen MR) is 91.8 cm³/mol. The number of nitrogens with zero attached hydrogens (tertiary/aromatic N) is 2. The van der Waals surface area contributed by atoms with Crippen LogP contribution < -0.4 is 5.32 Å². The topological polar surface area (TPSA) is 145 Å². The number of carbonyl (C=O) groups excluding carboxylic acids is 1. The summed E-state index contributed by atoms with van der Waals surface area (Å²) in [6.45, 7) is -0.619. The number of rotatable bonds is 6. The van der Waals surface area contributed by atoms with E-state index >= 15 is 0 Å². The van der Waals surface area contributed by atoms with Gasteiger partial charge in [0.25, 0.3) is 0 Å². The molecule has 1 fully saturated rings. The molecule has 2 aromatic heterocycles. The molecule has 1 saturated heterocycles. The molecule has 4 atom stereocenters. The summed E-state index contributed by atoms with van der Waals surface area (Å²) in [6.07, 6.45) is 0.369. The van der Waals surface area contributed by atoms with E-state index in [-0.39, 0.29) is 25.4 Å². The van der Waals surface area contributed by atoms with Crippen LogP contribution >= 0.6 is 11.3 Å². The van der Waals surface area contributed by atoms with Crippen molar-refractivity contribution in [2.45, 2.75) is 30.5 Å². The molecule has 0 spiro atoms. The second kappa shape index (κ2) is 7.74. The highest BCUT2D eigenvalue weighted by atomic mass is 32.1. The van der Waals surface area contributed by atoms with E-state index in [1.165, 1.54) is 18.6 Å². The van der Waals surface area contributed by atoms with Crippen molar-refractivity contribution in [3.8, 4) is 0 Å². The average Bonchev–Trinajstić information content (AvgIpc) is 3.11. The number of nitrogens with one attached hydrogen (secondary N) is 1. The van der Waals surface area contributed by atoms with Crippen LogP contribution in [0.25, 0.3) is 0 Å². The Morgan fingerprint density at radius 1 is 1.38 bits per heavy atom. The summed E-state index contributed by atoms with van der Waals surface area (Å²) >= 11 is 1.08. The van der Waals surface area contributed by atoms with Gasteiger partial charge in [0.1, 0.15) is 17.8 Å². The normalized spacial score (nSPS) is 28.7. The van der Waals surface area contributed by atoms with Crippen LogP contribution in [0, 0.1) is 0 Å². The van der Waals surface area contributed by atoms with Crippen LogP contribution in [0.4, 0.5) is 5.13 Å². The molecule has 0 bridgehead atoms. The number of aromatic nitrogens is 2. The van der Waals surface area contributed by atoms with Gasteiger partial charge in [-0.2, -0.15) is 0 Å². The van der Waals surface area contributed by atoms with E-state index in [9.17, 15) is 20.1 Å². The SMILES string of the molecule is O=C(c1ccncc1)c1cnc(N[C@H]2OC[C@@](O)(CCO)C(O)C2O)s1. The van der Waals surface area contributed by atoms with Gasteiger partial charge < -0.3 is 30.5 Å². The molecule has 3 heterocycles. The number of carbonyl (C=O) groups is 1. The van der Waals surface area contributed by atoms with E-state index in [0.29, 0.717) is 15.6 Å². The summed E-state index contributed by atoms with van der Waals surface area (Å²) in [4.78, 5) is 20.7. The zero-order valence-corrected chi connectivity index (χ0v) is 14.5. The third-order valence-electron chi connectivity index (χ3n) is 4.18. The summed E-state index contributed by atoms with van der Waals surface area (Å²) in [5.41, 5.74) is -1.24. The Morgan fingerprint density at radius 3 is 2.81 bits per heavy atom. The van der Waals surface area contributed by atoms with Crippen molar-refractivity contribution in [3.05, 3.63) is 41.2 Å². The molecule has 26 heavy (non-hydrogen) atoms. The Bertz CT molecular complexity index is 757. The first-order valence-electron chi connectivity index (χ1n) is 7.93. The Labute approximate surface area is 152 Å². The number of ether oxygens (including phenoxy) is 1. The first-order valence-corrected chi connectivity index (χ1v) is 8.74. The van der Waals surface area contributed by atoms with Crippen molar-refractivity contribution in [2.75, 3.05) is 18.5 Å². The lowest BCUT2D eigenvalue weighted by Gasteiger charge is -2.43. The molecule has 0 amide bonds. The molecule has 1 aliphatic rings. The highest BCUT2D eigenvalue weighted by molar-refractivity contribution is 7.17. The van der Waals surface area contributed by atoms with Gasteiger partial charge in [0.2, 0.25) is 5.78 Å². The predicted octanol–water partition coefficient (Wildman–Crippen LogP) is -0.627. The van der Waals surface area contributed by atoms with Crippen molar-refractivity contribution in [3.63, 3.8) is 0 Å². The average molecular weight is 381 g/mol. The van der Waals surface area contributed by atoms with E-state index in [1.807, 2.05) is 0 Å². The van der Waals surface area contributed by atoms with Gasteiger partial charge in [-0.15, -0.1) is 0 Å². The van der Waals surface area contributed by atoms with Gasteiger partial charge in [0.05, 0.1) is 17.7 Å². The maximum atomic E-state index is 12.4. The molecule has 2 unspecified atom stereocenters. The van der Waals surface area contributed by atoms with Gasteiger partial charge in [-0.3, -0.25) is 9.78 Å². The molecular formula is C16H19N3O6S. The number of pyridine rings is 1. The molecule has 140 valence electrons. The number of hydrogen-bond acceptors (Lipinski definition) is 10. The monoisotopic (exact) mass is 381 g/mol. The Balaban J connectivity index is 1.67. The first-order chi connectivity index (χ1) is 12.4. The quantitative estimate of drug-likeness (QED) is 0.413. The van der Waals surface area contributed by atoms with Gasteiger partial charge in [-0.25, -0.2) is 4.98 Å². The Hall–Kier alpha value is -1.95. The van der Waals surface area contributed by atoms with Gasteiger partial charge in [0.15, 0.2) is 11.4 Å². The van der Waals surface area contributed by atoms with E-state index in [4.69, 9.17) is 9.84 Å². The van der Waals surface area contributed by atoms with E-state index in [1.54, 1.807) is 12.1 Å². The highest BCUT2D eigenvalue weighted by Gasteiger charge is 2.48. The van der Waals surface area contributed by atoms with Crippen LogP contribution in [0.2, 0.25) is 0 Å². The summed E-state index contributed by atoms with van der Waals surface area (Å²) in [6, 6.07) is 3.20. The molecule has 0 radical (unpaired) electrons. The third-order valence-corrected chi connectivity index (χ3v) is 5.11. The van der Waals surface area contributed by atoms with Crippen molar-refractivity contribution >= 4 is 22.3 Å². The smallest absolute Gasteiger partial charge is 0.204 e. The van der Waals surface area contributed by atoms with Crippen molar-refractivity contribution in [1.29, 1.82) is 0 Å². The lowest BCUT2D eigenvalue weighted by atomic mass is 9.87. The van der Waals surface area contributed by atoms with Crippen LogP contribution in [-0.4, -0.2) is 73.4 Å². The minimum atomic E-state index is -1.72. The fourth-order valence-electron chi connectivity index (χ4n) is 2.66. The second-order valence-electron chi connectivity index (χ2n) is 5.98. The molecule has 2 aromatic rings. The number of hydrogen-bond donors (Lipinski definition) is 5.